The molecule has 2 aromatic rings. The number of hydrogen-bond acceptors (Lipinski definition) is 3. The molecule has 2 N–H and O–H groups in total. The third kappa shape index (κ3) is 2.31. The van der Waals surface area contributed by atoms with Gasteiger partial charge in [-0.2, -0.15) is 9.78 Å². The quantitative estimate of drug-likeness (QED) is 0.894. The van der Waals surface area contributed by atoms with Gasteiger partial charge in [-0.15, -0.1) is 0 Å². The van der Waals surface area contributed by atoms with E-state index in [0.29, 0.717) is 12.1 Å². The zero-order chi connectivity index (χ0) is 14.2. The van der Waals surface area contributed by atoms with Crippen molar-refractivity contribution < 1.29 is 0 Å². The Kier molecular flexibility index (Phi) is 3.53. The Morgan fingerprint density at radius 1 is 1.21 bits per heavy atom. The summed E-state index contributed by atoms with van der Waals surface area (Å²) in [5.41, 5.74) is 10.9. The van der Waals surface area contributed by atoms with E-state index < -0.39 is 0 Å². The van der Waals surface area contributed by atoms with Gasteiger partial charge in [0.05, 0.1) is 11.4 Å². The summed E-state index contributed by atoms with van der Waals surface area (Å²) in [5.74, 6) is 0. The molecule has 0 aliphatic carbocycles. The van der Waals surface area contributed by atoms with Crippen LogP contribution in [0.5, 0.6) is 0 Å². The lowest BCUT2D eigenvalue weighted by Crippen LogP contribution is -2.27. The maximum Gasteiger partial charge on any atom is 0.274 e. The summed E-state index contributed by atoms with van der Waals surface area (Å²) < 4.78 is 1.48. The lowest BCUT2D eigenvalue weighted by atomic mass is 10.1. The maximum absolute atomic E-state index is 12.4. The van der Waals surface area contributed by atoms with Gasteiger partial charge in [-0.1, -0.05) is 12.1 Å². The molecule has 0 radical (unpaired) electrons. The molecule has 0 amide bonds. The van der Waals surface area contributed by atoms with Crippen molar-refractivity contribution in [3.05, 3.63) is 56.5 Å². The van der Waals surface area contributed by atoms with Crippen LogP contribution in [0, 0.1) is 27.7 Å². The molecule has 1 aromatic heterocycles. The highest BCUT2D eigenvalue weighted by Crippen LogP contribution is 2.15. The fourth-order valence-electron chi connectivity index (χ4n) is 2.23. The van der Waals surface area contributed by atoms with Crippen molar-refractivity contribution in [2.75, 3.05) is 0 Å². The highest BCUT2D eigenvalue weighted by Gasteiger charge is 2.12. The average Bonchev–Trinajstić information content (AvgIpc) is 2.37. The zero-order valence-corrected chi connectivity index (χ0v) is 11.8. The molecule has 0 bridgehead atoms. The van der Waals surface area contributed by atoms with Crippen LogP contribution >= 0.6 is 0 Å². The van der Waals surface area contributed by atoms with E-state index in [4.69, 9.17) is 5.73 Å². The van der Waals surface area contributed by atoms with Crippen molar-refractivity contribution in [1.82, 2.24) is 9.78 Å². The van der Waals surface area contributed by atoms with Gasteiger partial charge >= 0.3 is 0 Å². The van der Waals surface area contributed by atoms with Gasteiger partial charge < -0.3 is 5.73 Å². The molecule has 0 fully saturated rings. The van der Waals surface area contributed by atoms with E-state index in [1.54, 1.807) is 6.92 Å². The second-order valence-corrected chi connectivity index (χ2v) is 4.90. The standard InChI is InChI=1S/C15H19N3O/c1-9-5-6-10(2)14(7-9)18-15(19)11(3)13(8-16)12(4)17-18/h5-7H,8,16H2,1-4H3. The summed E-state index contributed by atoms with van der Waals surface area (Å²) in [6.45, 7) is 8.01. The summed E-state index contributed by atoms with van der Waals surface area (Å²) in [4.78, 5) is 12.4. The number of hydrogen-bond donors (Lipinski definition) is 1. The lowest BCUT2D eigenvalue weighted by molar-refractivity contribution is 0.750. The average molecular weight is 257 g/mol. The molecule has 0 unspecified atom stereocenters. The van der Waals surface area contributed by atoms with E-state index in [1.165, 1.54) is 4.68 Å². The molecule has 0 saturated carbocycles. The largest absolute Gasteiger partial charge is 0.326 e. The number of benzene rings is 1. The van der Waals surface area contributed by atoms with Crippen LogP contribution in [-0.2, 0) is 6.54 Å². The molecule has 100 valence electrons. The molecule has 1 heterocycles. The number of aryl methyl sites for hydroxylation is 3. The van der Waals surface area contributed by atoms with E-state index >= 15 is 0 Å². The predicted molar refractivity (Wildman–Crippen MR) is 76.7 cm³/mol. The molecule has 2 rings (SSSR count). The van der Waals surface area contributed by atoms with E-state index in [9.17, 15) is 4.79 Å². The number of rotatable bonds is 2. The molecule has 4 nitrogen and oxygen atoms in total. The molecular formula is C15H19N3O. The minimum atomic E-state index is -0.0975. The summed E-state index contributed by atoms with van der Waals surface area (Å²) in [6.07, 6.45) is 0. The van der Waals surface area contributed by atoms with Crippen LogP contribution in [0.2, 0.25) is 0 Å². The smallest absolute Gasteiger partial charge is 0.274 e. The molecule has 0 saturated heterocycles. The fourth-order valence-corrected chi connectivity index (χ4v) is 2.23. The Balaban J connectivity index is 2.77. The van der Waals surface area contributed by atoms with Crippen molar-refractivity contribution >= 4 is 0 Å². The first-order chi connectivity index (χ1) is 8.95. The highest BCUT2D eigenvalue weighted by atomic mass is 16.1. The zero-order valence-electron chi connectivity index (χ0n) is 11.8. The van der Waals surface area contributed by atoms with Gasteiger partial charge in [-0.3, -0.25) is 4.79 Å². The van der Waals surface area contributed by atoms with Crippen molar-refractivity contribution in [2.45, 2.75) is 34.2 Å². The van der Waals surface area contributed by atoms with Crippen molar-refractivity contribution in [3.8, 4) is 5.69 Å². The van der Waals surface area contributed by atoms with Crippen LogP contribution in [0.3, 0.4) is 0 Å². The van der Waals surface area contributed by atoms with Crippen LogP contribution in [-0.4, -0.2) is 9.78 Å². The van der Waals surface area contributed by atoms with E-state index in [1.807, 2.05) is 39.0 Å². The van der Waals surface area contributed by atoms with Gasteiger partial charge in [0, 0.05) is 12.1 Å². The Hall–Kier alpha value is -1.94. The van der Waals surface area contributed by atoms with Gasteiger partial charge in [-0.05, 0) is 50.5 Å². The normalized spacial score (nSPS) is 10.8. The first-order valence-corrected chi connectivity index (χ1v) is 6.32. The van der Waals surface area contributed by atoms with Gasteiger partial charge in [0.2, 0.25) is 0 Å². The van der Waals surface area contributed by atoms with Crippen LogP contribution < -0.4 is 11.3 Å². The van der Waals surface area contributed by atoms with Crippen LogP contribution in [0.15, 0.2) is 23.0 Å². The van der Waals surface area contributed by atoms with Gasteiger partial charge in [0.25, 0.3) is 5.56 Å². The Labute approximate surface area is 112 Å². The third-order valence-electron chi connectivity index (χ3n) is 3.45. The topological polar surface area (TPSA) is 60.9 Å². The van der Waals surface area contributed by atoms with E-state index in [0.717, 1.165) is 28.1 Å². The second-order valence-electron chi connectivity index (χ2n) is 4.90. The number of aromatic nitrogens is 2. The first-order valence-electron chi connectivity index (χ1n) is 6.32. The lowest BCUT2D eigenvalue weighted by Gasteiger charge is -2.13. The Morgan fingerprint density at radius 3 is 2.53 bits per heavy atom. The van der Waals surface area contributed by atoms with Crippen LogP contribution in [0.1, 0.15) is 27.9 Å². The van der Waals surface area contributed by atoms with Gasteiger partial charge in [0.1, 0.15) is 0 Å². The molecule has 0 aliphatic rings. The highest BCUT2D eigenvalue weighted by molar-refractivity contribution is 5.43. The molecule has 4 heteroatoms. The fraction of sp³-hybridized carbons (Fsp3) is 0.333. The summed E-state index contributed by atoms with van der Waals surface area (Å²) in [6, 6.07) is 6.00. The van der Waals surface area contributed by atoms with Crippen molar-refractivity contribution in [3.63, 3.8) is 0 Å². The van der Waals surface area contributed by atoms with Crippen molar-refractivity contribution in [1.29, 1.82) is 0 Å². The predicted octanol–water partition coefficient (Wildman–Crippen LogP) is 1.92. The number of nitrogens with zero attached hydrogens (tertiary/aromatic N) is 2. The van der Waals surface area contributed by atoms with Gasteiger partial charge in [0.15, 0.2) is 0 Å². The molecular weight excluding hydrogens is 238 g/mol. The molecule has 0 spiro atoms. The van der Waals surface area contributed by atoms with Gasteiger partial charge in [-0.25, -0.2) is 0 Å². The third-order valence-corrected chi connectivity index (χ3v) is 3.45. The number of nitrogens with two attached hydrogens (primary N) is 1. The van der Waals surface area contributed by atoms with Crippen LogP contribution in [0.4, 0.5) is 0 Å². The second kappa shape index (κ2) is 4.97. The van der Waals surface area contributed by atoms with Crippen molar-refractivity contribution in [2.24, 2.45) is 5.73 Å². The molecule has 0 atom stereocenters. The molecule has 0 aliphatic heterocycles. The Morgan fingerprint density at radius 2 is 1.89 bits per heavy atom. The maximum atomic E-state index is 12.4. The molecule has 19 heavy (non-hydrogen) atoms. The summed E-state index contributed by atoms with van der Waals surface area (Å²) in [7, 11) is 0. The summed E-state index contributed by atoms with van der Waals surface area (Å²) in [5, 5.41) is 4.40. The molecule has 1 aromatic carbocycles. The summed E-state index contributed by atoms with van der Waals surface area (Å²) >= 11 is 0. The van der Waals surface area contributed by atoms with Crippen LogP contribution in [0.25, 0.3) is 5.69 Å². The monoisotopic (exact) mass is 257 g/mol. The minimum absolute atomic E-state index is 0.0975. The Bertz CT molecular complexity index is 687. The minimum Gasteiger partial charge on any atom is -0.326 e. The van der Waals surface area contributed by atoms with E-state index in [-0.39, 0.29) is 5.56 Å². The van der Waals surface area contributed by atoms with E-state index in [2.05, 4.69) is 5.10 Å². The SMILES string of the molecule is Cc1ccc(C)c(-n2nc(C)c(CN)c(C)c2=O)c1. The first kappa shape index (κ1) is 13.5.